The molecule has 0 unspecified atom stereocenters. The fourth-order valence-electron chi connectivity index (χ4n) is 1.66. The minimum absolute atomic E-state index is 0.0502. The molecule has 0 nitrogen and oxygen atoms in total. The molecule has 0 saturated carbocycles. The maximum absolute atomic E-state index is 2.35. The molecule has 2 radical (unpaired) electrons. The molecule has 0 amide bonds. The molecule has 0 bridgehead atoms. The van der Waals surface area contributed by atoms with E-state index in [9.17, 15) is 0 Å². The van der Waals surface area contributed by atoms with Gasteiger partial charge in [-0.2, -0.15) is 0 Å². The van der Waals surface area contributed by atoms with Crippen LogP contribution in [0.2, 0.25) is 31.4 Å². The van der Waals surface area contributed by atoms with Crippen molar-refractivity contribution in [2.24, 2.45) is 0 Å². The van der Waals surface area contributed by atoms with Crippen LogP contribution in [0, 0.1) is 0 Å². The van der Waals surface area contributed by atoms with E-state index in [4.69, 9.17) is 0 Å². The Bertz CT molecular complexity index is 165. The van der Waals surface area contributed by atoms with Crippen LogP contribution in [0.1, 0.15) is 80.1 Å². The Morgan fingerprint density at radius 3 is 1.10 bits per heavy atom. The summed E-state index contributed by atoms with van der Waals surface area (Å²) in [5.41, 5.74) is 0. The van der Waals surface area contributed by atoms with Gasteiger partial charge < -0.3 is 0 Å². The largest absolute Gasteiger partial charge is 0.0709 e. The van der Waals surface area contributed by atoms with Crippen molar-refractivity contribution in [3.05, 3.63) is 0 Å². The zero-order valence-corrected chi connectivity index (χ0v) is 19.7. The topological polar surface area (TPSA) is 0 Å². The molecule has 0 fully saturated rings. The van der Waals surface area contributed by atoms with E-state index in [0.29, 0.717) is 5.04 Å². The molecule has 0 rings (SSSR count). The van der Waals surface area contributed by atoms with Crippen LogP contribution in [0.25, 0.3) is 0 Å². The summed E-state index contributed by atoms with van der Waals surface area (Å²) in [4.78, 5) is 0. The van der Waals surface area contributed by atoms with Crippen LogP contribution in [0.3, 0.4) is 0 Å². The van der Waals surface area contributed by atoms with Gasteiger partial charge in [0.05, 0.1) is 0 Å². The maximum atomic E-state index is 2.35. The average molecular weight is 405 g/mol. The van der Waals surface area contributed by atoms with Crippen molar-refractivity contribution < 1.29 is 0 Å². The minimum Gasteiger partial charge on any atom is -0.0709 e. The molecule has 20 heavy (non-hydrogen) atoms. The molecule has 0 spiro atoms. The summed E-state index contributed by atoms with van der Waals surface area (Å²) < 4.78 is 5.04. The second-order valence-electron chi connectivity index (χ2n) is 7.31. The van der Waals surface area contributed by atoms with Gasteiger partial charge in [0.25, 0.3) is 0 Å². The third kappa shape index (κ3) is 17.1. The van der Waals surface area contributed by atoms with Crippen LogP contribution in [0.4, 0.5) is 0 Å². The van der Waals surface area contributed by atoms with Gasteiger partial charge in [-0.15, -0.1) is 0 Å². The summed E-state index contributed by atoms with van der Waals surface area (Å²) in [6.07, 6.45) is 8.85. The Kier molecular flexibility index (Phi) is 17.4. The van der Waals surface area contributed by atoms with Crippen molar-refractivity contribution in [3.8, 4) is 0 Å². The zero-order valence-electron chi connectivity index (χ0n) is 15.9. The van der Waals surface area contributed by atoms with Gasteiger partial charge in [-0.25, -0.2) is 0 Å². The third-order valence-corrected chi connectivity index (χ3v) is 16.2. The van der Waals surface area contributed by atoms with Gasteiger partial charge in [0.1, 0.15) is 0 Å². The summed E-state index contributed by atoms with van der Waals surface area (Å²) in [5.74, 6) is 0. The average Bonchev–Trinajstić information content (AvgIpc) is 2.37. The van der Waals surface area contributed by atoms with E-state index in [0.717, 1.165) is 0 Å². The molecule has 0 saturated heterocycles. The molecule has 0 aliphatic heterocycles. The Hall–Kier alpha value is 1.02. The monoisotopic (exact) mass is 406 g/mol. The first-order chi connectivity index (χ1) is 9.29. The number of hydrogen-bond donors (Lipinski definition) is 0. The Labute approximate surface area is 139 Å². The number of hydrogen-bond acceptors (Lipinski definition) is 0. The molecular formula is C18H42SiSn. The normalized spacial score (nSPS) is 11.7. The van der Waals surface area contributed by atoms with E-state index in [1.807, 2.05) is 0 Å². The molecular weight excluding hydrogens is 363 g/mol. The fourth-order valence-corrected chi connectivity index (χ4v) is 11.1. The van der Waals surface area contributed by atoms with Crippen LogP contribution in [-0.4, -0.2) is 28.6 Å². The van der Waals surface area contributed by atoms with Crippen molar-refractivity contribution in [2.45, 2.75) is 112 Å². The van der Waals surface area contributed by atoms with Gasteiger partial charge in [-0.1, -0.05) is 33.9 Å². The molecule has 0 aliphatic carbocycles. The predicted octanol–water partition coefficient (Wildman–Crippen LogP) is 7.42. The quantitative estimate of drug-likeness (QED) is 0.350. The molecule has 122 valence electrons. The zero-order chi connectivity index (χ0) is 16.0. The van der Waals surface area contributed by atoms with Crippen molar-refractivity contribution in [3.63, 3.8) is 0 Å². The molecule has 0 aromatic carbocycles. The summed E-state index contributed by atoms with van der Waals surface area (Å²) in [7, 11) is -0.0502. The van der Waals surface area contributed by atoms with Crippen molar-refractivity contribution in [1.29, 1.82) is 0 Å². The van der Waals surface area contributed by atoms with E-state index in [1.165, 1.54) is 38.5 Å². The van der Waals surface area contributed by atoms with Gasteiger partial charge in [-0.3, -0.25) is 0 Å². The fraction of sp³-hybridized carbons (Fsp3) is 1.00. The molecule has 0 heterocycles. The SMILES string of the molecule is CCC[CH2][Sn]([CH2]CCC)[CH2]CCC.C[Si](C)C(C)(C)C. The second-order valence-corrected chi connectivity index (χ2v) is 19.4. The Balaban J connectivity index is 0. The summed E-state index contributed by atoms with van der Waals surface area (Å²) >= 11 is -0.839. The van der Waals surface area contributed by atoms with Crippen LogP contribution < -0.4 is 0 Å². The first kappa shape index (κ1) is 23.3. The minimum atomic E-state index is -0.839. The van der Waals surface area contributed by atoms with Gasteiger partial charge >= 0.3 is 92.4 Å². The van der Waals surface area contributed by atoms with Crippen molar-refractivity contribution in [2.75, 3.05) is 0 Å². The van der Waals surface area contributed by atoms with Gasteiger partial charge in [0.2, 0.25) is 0 Å². The number of rotatable bonds is 9. The van der Waals surface area contributed by atoms with Gasteiger partial charge in [0, 0.05) is 8.80 Å². The van der Waals surface area contributed by atoms with Gasteiger partial charge in [0.15, 0.2) is 0 Å². The summed E-state index contributed by atoms with van der Waals surface area (Å²) in [6, 6.07) is 0. The van der Waals surface area contributed by atoms with E-state index >= 15 is 0 Å². The summed E-state index contributed by atoms with van der Waals surface area (Å²) in [5, 5.41) is 0.602. The van der Waals surface area contributed by atoms with E-state index < -0.39 is 19.8 Å². The van der Waals surface area contributed by atoms with Crippen LogP contribution in [0.15, 0.2) is 0 Å². The molecule has 0 aliphatic rings. The van der Waals surface area contributed by atoms with E-state index in [1.54, 1.807) is 13.3 Å². The first-order valence-electron chi connectivity index (χ1n) is 8.93. The maximum Gasteiger partial charge on any atom is 0.0470 e. The Morgan fingerprint density at radius 1 is 0.700 bits per heavy atom. The standard InChI is InChI=1S/C6H15Si.3C4H9.Sn/c1-6(2,3)7(4)5;3*1-3-4-2;/h1-5H3;3*1,3-4H2,2H3;. The number of unbranched alkanes of at least 4 members (excludes halogenated alkanes) is 3. The van der Waals surface area contributed by atoms with Crippen molar-refractivity contribution >= 4 is 28.6 Å². The van der Waals surface area contributed by atoms with Crippen LogP contribution in [-0.2, 0) is 0 Å². The van der Waals surface area contributed by atoms with E-state index in [-0.39, 0.29) is 8.80 Å². The second kappa shape index (κ2) is 14.9. The van der Waals surface area contributed by atoms with Crippen LogP contribution in [0.5, 0.6) is 0 Å². The molecule has 0 aromatic rings. The van der Waals surface area contributed by atoms with Gasteiger partial charge in [-0.05, 0) is 5.04 Å². The molecule has 2 heteroatoms. The molecule has 0 aromatic heterocycles. The first-order valence-corrected chi connectivity index (χ1v) is 17.5. The molecule has 0 N–H and O–H groups in total. The third-order valence-electron chi connectivity index (χ3n) is 4.15. The predicted molar refractivity (Wildman–Crippen MR) is 102 cm³/mol. The summed E-state index contributed by atoms with van der Waals surface area (Å²) in [6.45, 7) is 18.6. The molecule has 0 atom stereocenters. The Morgan fingerprint density at radius 2 is 0.950 bits per heavy atom. The van der Waals surface area contributed by atoms with Crippen molar-refractivity contribution in [1.82, 2.24) is 0 Å². The smallest absolute Gasteiger partial charge is 0.0470 e. The van der Waals surface area contributed by atoms with E-state index in [2.05, 4.69) is 54.6 Å². The van der Waals surface area contributed by atoms with Crippen LogP contribution >= 0.6 is 0 Å².